The van der Waals surface area contributed by atoms with Gasteiger partial charge in [-0.1, -0.05) is 111 Å². The SMILES string of the molecule is CC1(C)c2ccccc2-c2c1c1c3ccccc3n(-c3cccc4c3oc3ccccc34)c1c1ccccc21. The highest BCUT2D eigenvalue weighted by atomic mass is 16.3. The van der Waals surface area contributed by atoms with Crippen molar-refractivity contribution in [3.05, 3.63) is 126 Å². The summed E-state index contributed by atoms with van der Waals surface area (Å²) in [6, 6.07) is 41.7. The summed E-state index contributed by atoms with van der Waals surface area (Å²) >= 11 is 0. The van der Waals surface area contributed by atoms with Crippen molar-refractivity contribution >= 4 is 54.5 Å². The maximum atomic E-state index is 6.58. The van der Waals surface area contributed by atoms with Crippen molar-refractivity contribution in [1.29, 1.82) is 0 Å². The number of hydrogen-bond donors (Lipinski definition) is 0. The Morgan fingerprint density at radius 1 is 0.590 bits per heavy atom. The van der Waals surface area contributed by atoms with Crippen LogP contribution in [0.2, 0.25) is 0 Å². The molecular formula is C37H25NO. The van der Waals surface area contributed by atoms with E-state index in [-0.39, 0.29) is 5.41 Å². The average Bonchev–Trinajstić information content (AvgIpc) is 3.60. The molecule has 1 aliphatic carbocycles. The van der Waals surface area contributed by atoms with E-state index in [4.69, 9.17) is 4.42 Å². The van der Waals surface area contributed by atoms with Crippen molar-refractivity contribution in [2.45, 2.75) is 19.3 Å². The molecule has 0 atom stereocenters. The quantitative estimate of drug-likeness (QED) is 0.220. The lowest BCUT2D eigenvalue weighted by Gasteiger charge is -2.23. The predicted molar refractivity (Wildman–Crippen MR) is 163 cm³/mol. The number of fused-ring (bicyclic) bond motifs is 13. The highest BCUT2D eigenvalue weighted by Gasteiger charge is 2.39. The van der Waals surface area contributed by atoms with Crippen LogP contribution in [-0.2, 0) is 5.41 Å². The van der Waals surface area contributed by atoms with E-state index in [0.717, 1.165) is 27.6 Å². The third-order valence-electron chi connectivity index (χ3n) is 8.95. The van der Waals surface area contributed by atoms with Gasteiger partial charge in [0.1, 0.15) is 5.58 Å². The summed E-state index contributed by atoms with van der Waals surface area (Å²) in [5.41, 5.74) is 10.8. The topological polar surface area (TPSA) is 18.1 Å². The molecule has 2 heteroatoms. The molecule has 184 valence electrons. The third kappa shape index (κ3) is 2.52. The molecule has 2 aromatic heterocycles. The van der Waals surface area contributed by atoms with Crippen LogP contribution in [0.5, 0.6) is 0 Å². The lowest BCUT2D eigenvalue weighted by atomic mass is 9.79. The molecular weight excluding hydrogens is 474 g/mol. The highest BCUT2D eigenvalue weighted by Crippen LogP contribution is 2.56. The smallest absolute Gasteiger partial charge is 0.159 e. The lowest BCUT2D eigenvalue weighted by molar-refractivity contribution is 0.666. The maximum Gasteiger partial charge on any atom is 0.159 e. The van der Waals surface area contributed by atoms with Gasteiger partial charge in [0.25, 0.3) is 0 Å². The molecule has 0 unspecified atom stereocenters. The van der Waals surface area contributed by atoms with Gasteiger partial charge in [-0.3, -0.25) is 0 Å². The number of rotatable bonds is 1. The molecule has 0 aliphatic heterocycles. The summed E-state index contributed by atoms with van der Waals surface area (Å²) in [4.78, 5) is 0. The molecule has 0 bridgehead atoms. The van der Waals surface area contributed by atoms with Gasteiger partial charge in [-0.05, 0) is 45.8 Å². The molecule has 8 aromatic rings. The number of benzene rings is 6. The summed E-state index contributed by atoms with van der Waals surface area (Å²) in [7, 11) is 0. The summed E-state index contributed by atoms with van der Waals surface area (Å²) < 4.78 is 9.04. The van der Waals surface area contributed by atoms with E-state index < -0.39 is 0 Å². The minimum absolute atomic E-state index is 0.130. The Balaban J connectivity index is 1.56. The Hall–Kier alpha value is -4.82. The lowest BCUT2D eigenvalue weighted by Crippen LogP contribution is -2.15. The molecule has 1 aliphatic rings. The second-order valence-corrected chi connectivity index (χ2v) is 11.3. The number of nitrogens with zero attached hydrogens (tertiary/aromatic N) is 1. The van der Waals surface area contributed by atoms with E-state index in [0.29, 0.717) is 0 Å². The highest BCUT2D eigenvalue weighted by molar-refractivity contribution is 6.26. The molecule has 9 rings (SSSR count). The second kappa shape index (κ2) is 7.18. The molecule has 39 heavy (non-hydrogen) atoms. The molecule has 0 spiro atoms. The normalized spacial score (nSPS) is 14.1. The zero-order chi connectivity index (χ0) is 25.9. The standard InChI is InChI=1S/C37H25NO/c1-37(2)28-18-8-5-15-26(28)32-23-13-3-4-14-24(23)35-33(34(32)37)27-16-6-9-19-29(27)38(35)30-20-11-17-25-22-12-7-10-21-31(22)39-36(25)30/h3-21H,1-2H3. The third-order valence-corrected chi connectivity index (χ3v) is 8.95. The second-order valence-electron chi connectivity index (χ2n) is 11.3. The summed E-state index contributed by atoms with van der Waals surface area (Å²) in [6.07, 6.45) is 0. The Labute approximate surface area is 225 Å². The molecule has 0 amide bonds. The molecule has 6 aromatic carbocycles. The Bertz CT molecular complexity index is 2310. The van der Waals surface area contributed by atoms with Crippen LogP contribution in [0.3, 0.4) is 0 Å². The minimum Gasteiger partial charge on any atom is -0.454 e. The number of aromatic nitrogens is 1. The van der Waals surface area contributed by atoms with Crippen LogP contribution in [0.1, 0.15) is 25.0 Å². The molecule has 2 heterocycles. The van der Waals surface area contributed by atoms with Crippen LogP contribution in [0.15, 0.2) is 120 Å². The van der Waals surface area contributed by atoms with Gasteiger partial charge in [-0.15, -0.1) is 0 Å². The zero-order valence-corrected chi connectivity index (χ0v) is 21.8. The minimum atomic E-state index is -0.130. The van der Waals surface area contributed by atoms with Crippen LogP contribution in [0.25, 0.3) is 71.3 Å². The van der Waals surface area contributed by atoms with Crippen LogP contribution in [0, 0.1) is 0 Å². The van der Waals surface area contributed by atoms with Gasteiger partial charge < -0.3 is 8.98 Å². The summed E-state index contributed by atoms with van der Waals surface area (Å²) in [6.45, 7) is 4.77. The molecule has 0 saturated carbocycles. The van der Waals surface area contributed by atoms with Crippen molar-refractivity contribution in [3.8, 4) is 16.8 Å². The fourth-order valence-corrected chi connectivity index (χ4v) is 7.36. The van der Waals surface area contributed by atoms with Crippen molar-refractivity contribution in [2.24, 2.45) is 0 Å². The Morgan fingerprint density at radius 2 is 1.26 bits per heavy atom. The van der Waals surface area contributed by atoms with Crippen LogP contribution in [-0.4, -0.2) is 4.57 Å². The number of para-hydroxylation sites is 3. The first-order valence-corrected chi connectivity index (χ1v) is 13.6. The molecule has 0 saturated heterocycles. The van der Waals surface area contributed by atoms with Crippen LogP contribution < -0.4 is 0 Å². The van der Waals surface area contributed by atoms with Gasteiger partial charge in [-0.2, -0.15) is 0 Å². The van der Waals surface area contributed by atoms with Gasteiger partial charge in [0.2, 0.25) is 0 Å². The first-order valence-electron chi connectivity index (χ1n) is 13.6. The maximum absolute atomic E-state index is 6.58. The fourth-order valence-electron chi connectivity index (χ4n) is 7.36. The van der Waals surface area contributed by atoms with E-state index >= 15 is 0 Å². The summed E-state index contributed by atoms with van der Waals surface area (Å²) in [5, 5.41) is 7.49. The van der Waals surface area contributed by atoms with E-state index in [1.165, 1.54) is 54.8 Å². The van der Waals surface area contributed by atoms with Gasteiger partial charge in [0, 0.05) is 32.3 Å². The van der Waals surface area contributed by atoms with Crippen LogP contribution in [0.4, 0.5) is 0 Å². The van der Waals surface area contributed by atoms with E-state index in [9.17, 15) is 0 Å². The van der Waals surface area contributed by atoms with Crippen molar-refractivity contribution in [2.75, 3.05) is 0 Å². The monoisotopic (exact) mass is 499 g/mol. The Kier molecular flexibility index (Phi) is 3.89. The van der Waals surface area contributed by atoms with Crippen LogP contribution >= 0.6 is 0 Å². The average molecular weight is 500 g/mol. The summed E-state index contributed by atoms with van der Waals surface area (Å²) in [5.74, 6) is 0. The zero-order valence-electron chi connectivity index (χ0n) is 21.8. The fraction of sp³-hybridized carbons (Fsp3) is 0.0811. The number of furan rings is 1. The van der Waals surface area contributed by atoms with Crippen molar-refractivity contribution in [3.63, 3.8) is 0 Å². The van der Waals surface area contributed by atoms with Crippen molar-refractivity contribution in [1.82, 2.24) is 4.57 Å². The van der Waals surface area contributed by atoms with E-state index in [2.05, 4.69) is 128 Å². The molecule has 0 N–H and O–H groups in total. The molecule has 0 radical (unpaired) electrons. The largest absolute Gasteiger partial charge is 0.454 e. The van der Waals surface area contributed by atoms with Gasteiger partial charge in [0.15, 0.2) is 5.58 Å². The van der Waals surface area contributed by atoms with Gasteiger partial charge in [0.05, 0.1) is 16.7 Å². The van der Waals surface area contributed by atoms with Gasteiger partial charge >= 0.3 is 0 Å². The predicted octanol–water partition coefficient (Wildman–Crippen LogP) is 10.1. The number of hydrogen-bond acceptors (Lipinski definition) is 1. The van der Waals surface area contributed by atoms with Crippen molar-refractivity contribution < 1.29 is 4.42 Å². The van der Waals surface area contributed by atoms with E-state index in [1.807, 2.05) is 6.07 Å². The Morgan fingerprint density at radius 3 is 2.13 bits per heavy atom. The van der Waals surface area contributed by atoms with E-state index in [1.54, 1.807) is 0 Å². The first kappa shape index (κ1) is 21.2. The molecule has 2 nitrogen and oxygen atoms in total. The first-order chi connectivity index (χ1) is 19.1. The molecule has 0 fully saturated rings. The van der Waals surface area contributed by atoms with Gasteiger partial charge in [-0.25, -0.2) is 0 Å².